The Hall–Kier alpha value is -2.59. The van der Waals surface area contributed by atoms with Crippen molar-refractivity contribution in [2.45, 2.75) is 0 Å². The van der Waals surface area contributed by atoms with Gasteiger partial charge in [-0.15, -0.1) is 0 Å². The van der Waals surface area contributed by atoms with E-state index in [1.807, 2.05) is 12.1 Å². The van der Waals surface area contributed by atoms with Crippen molar-refractivity contribution in [1.29, 1.82) is 0 Å². The number of carbonyl (C=O) groups is 2. The number of ether oxygens (including phenoxy) is 1. The first kappa shape index (κ1) is 13.4. The smallest absolute Gasteiger partial charge is 0.258 e. The van der Waals surface area contributed by atoms with Crippen LogP contribution in [0.1, 0.15) is 0 Å². The quantitative estimate of drug-likeness (QED) is 0.814. The topological polar surface area (TPSA) is 46.6 Å². The Balaban J connectivity index is 1.80. The number of anilines is 1. The molecule has 2 amide bonds. The summed E-state index contributed by atoms with van der Waals surface area (Å²) in [6.07, 6.45) is 2.49. The zero-order valence-corrected chi connectivity index (χ0v) is 11.6. The highest BCUT2D eigenvalue weighted by molar-refractivity contribution is 6.32. The molecule has 21 heavy (non-hydrogen) atoms. The number of para-hydroxylation sites is 1. The van der Waals surface area contributed by atoms with Crippen LogP contribution in [0, 0.1) is 0 Å². The molecule has 1 heterocycles. The second-order valence-corrected chi connectivity index (χ2v) is 4.78. The number of imide groups is 1. The molecular weight excluding hydrogens is 290 g/mol. The summed E-state index contributed by atoms with van der Waals surface area (Å²) in [6, 6.07) is 13.8. The molecule has 0 unspecified atom stereocenters. The highest BCUT2D eigenvalue weighted by Crippen LogP contribution is 2.30. The summed E-state index contributed by atoms with van der Waals surface area (Å²) in [4.78, 5) is 24.2. The van der Waals surface area contributed by atoms with Crippen molar-refractivity contribution in [3.8, 4) is 11.5 Å². The van der Waals surface area contributed by atoms with E-state index in [-0.39, 0.29) is 11.8 Å². The minimum absolute atomic E-state index is 0.347. The predicted molar refractivity (Wildman–Crippen MR) is 79.6 cm³/mol. The first-order valence-electron chi connectivity index (χ1n) is 6.24. The molecule has 0 spiro atoms. The van der Waals surface area contributed by atoms with Crippen LogP contribution in [0.25, 0.3) is 0 Å². The van der Waals surface area contributed by atoms with Gasteiger partial charge in [0.2, 0.25) is 0 Å². The standard InChI is InChI=1S/C16H10ClNO3/c17-13-3-1-2-4-14(13)21-12-7-5-11(6-8-12)18-15(19)9-10-16(18)20/h1-10H. The van der Waals surface area contributed by atoms with Crippen molar-refractivity contribution < 1.29 is 14.3 Å². The Morgan fingerprint density at radius 2 is 1.48 bits per heavy atom. The van der Waals surface area contributed by atoms with Gasteiger partial charge in [-0.2, -0.15) is 0 Å². The number of benzene rings is 2. The van der Waals surface area contributed by atoms with Crippen molar-refractivity contribution in [3.05, 3.63) is 65.7 Å². The van der Waals surface area contributed by atoms with Gasteiger partial charge >= 0.3 is 0 Å². The Bertz CT molecular complexity index is 719. The van der Waals surface area contributed by atoms with Crippen LogP contribution < -0.4 is 9.64 Å². The molecule has 0 radical (unpaired) electrons. The van der Waals surface area contributed by atoms with E-state index in [0.29, 0.717) is 22.2 Å². The van der Waals surface area contributed by atoms with Gasteiger partial charge in [0.15, 0.2) is 0 Å². The van der Waals surface area contributed by atoms with Gasteiger partial charge in [0.1, 0.15) is 11.5 Å². The fourth-order valence-corrected chi connectivity index (χ4v) is 2.15. The van der Waals surface area contributed by atoms with E-state index in [1.165, 1.54) is 12.2 Å². The Morgan fingerprint density at radius 3 is 2.10 bits per heavy atom. The molecule has 1 aliphatic heterocycles. The number of amides is 2. The van der Waals surface area contributed by atoms with Crippen LogP contribution >= 0.6 is 11.6 Å². The molecule has 1 aliphatic rings. The van der Waals surface area contributed by atoms with E-state index in [0.717, 1.165) is 4.90 Å². The number of hydrogen-bond acceptors (Lipinski definition) is 3. The SMILES string of the molecule is O=C1C=CC(=O)N1c1ccc(Oc2ccccc2Cl)cc1. The van der Waals surface area contributed by atoms with Gasteiger partial charge in [-0.05, 0) is 36.4 Å². The van der Waals surface area contributed by atoms with Crippen LogP contribution in [-0.4, -0.2) is 11.8 Å². The average molecular weight is 300 g/mol. The molecule has 0 saturated carbocycles. The van der Waals surface area contributed by atoms with Gasteiger partial charge in [-0.3, -0.25) is 9.59 Å². The molecule has 0 fully saturated rings. The lowest BCUT2D eigenvalue weighted by Gasteiger charge is -2.14. The fourth-order valence-electron chi connectivity index (χ4n) is 1.97. The Labute approximate surface area is 126 Å². The maximum Gasteiger partial charge on any atom is 0.258 e. The Kier molecular flexibility index (Phi) is 3.46. The van der Waals surface area contributed by atoms with Gasteiger partial charge < -0.3 is 4.74 Å². The van der Waals surface area contributed by atoms with Crippen molar-refractivity contribution in [1.82, 2.24) is 0 Å². The van der Waals surface area contributed by atoms with E-state index in [9.17, 15) is 9.59 Å². The largest absolute Gasteiger partial charge is 0.456 e. The molecule has 3 rings (SSSR count). The summed E-state index contributed by atoms with van der Waals surface area (Å²) in [5, 5.41) is 0.510. The van der Waals surface area contributed by atoms with Crippen molar-refractivity contribution in [3.63, 3.8) is 0 Å². The van der Waals surface area contributed by atoms with Crippen molar-refractivity contribution >= 4 is 29.1 Å². The van der Waals surface area contributed by atoms with Gasteiger partial charge in [0.25, 0.3) is 11.8 Å². The molecule has 0 N–H and O–H groups in total. The lowest BCUT2D eigenvalue weighted by molar-refractivity contribution is -0.119. The highest BCUT2D eigenvalue weighted by Gasteiger charge is 2.24. The van der Waals surface area contributed by atoms with E-state index in [4.69, 9.17) is 16.3 Å². The molecule has 2 aromatic rings. The summed E-state index contributed by atoms with van der Waals surface area (Å²) >= 11 is 6.02. The zero-order chi connectivity index (χ0) is 14.8. The predicted octanol–water partition coefficient (Wildman–Crippen LogP) is 3.56. The molecule has 2 aromatic carbocycles. The number of carbonyl (C=O) groups excluding carboxylic acids is 2. The molecule has 0 aliphatic carbocycles. The van der Waals surface area contributed by atoms with E-state index >= 15 is 0 Å². The maximum absolute atomic E-state index is 11.6. The number of nitrogens with zero attached hydrogens (tertiary/aromatic N) is 1. The summed E-state index contributed by atoms with van der Waals surface area (Å²) in [7, 11) is 0. The zero-order valence-electron chi connectivity index (χ0n) is 10.8. The van der Waals surface area contributed by atoms with Gasteiger partial charge in [-0.25, -0.2) is 4.90 Å². The van der Waals surface area contributed by atoms with E-state index in [2.05, 4.69) is 0 Å². The molecule has 0 saturated heterocycles. The molecule has 5 heteroatoms. The third-order valence-corrected chi connectivity index (χ3v) is 3.28. The molecular formula is C16H10ClNO3. The van der Waals surface area contributed by atoms with E-state index in [1.54, 1.807) is 36.4 Å². The summed E-state index contributed by atoms with van der Waals surface area (Å²) in [5.74, 6) is 0.417. The van der Waals surface area contributed by atoms with Gasteiger partial charge in [0.05, 0.1) is 10.7 Å². The number of rotatable bonds is 3. The lowest BCUT2D eigenvalue weighted by atomic mass is 10.2. The molecule has 0 atom stereocenters. The van der Waals surface area contributed by atoms with Crippen LogP contribution in [0.15, 0.2) is 60.7 Å². The highest BCUT2D eigenvalue weighted by atomic mass is 35.5. The van der Waals surface area contributed by atoms with Crippen LogP contribution in [0.5, 0.6) is 11.5 Å². The summed E-state index contributed by atoms with van der Waals surface area (Å²) in [5.41, 5.74) is 0.501. The normalized spacial score (nSPS) is 13.9. The van der Waals surface area contributed by atoms with Crippen LogP contribution in [-0.2, 0) is 9.59 Å². The average Bonchev–Trinajstić information content (AvgIpc) is 2.82. The van der Waals surface area contributed by atoms with Crippen LogP contribution in [0.2, 0.25) is 5.02 Å². The number of halogens is 1. The van der Waals surface area contributed by atoms with Crippen LogP contribution in [0.3, 0.4) is 0 Å². The second kappa shape index (κ2) is 5.42. The summed E-state index contributed by atoms with van der Waals surface area (Å²) in [6.45, 7) is 0. The third kappa shape index (κ3) is 2.66. The van der Waals surface area contributed by atoms with E-state index < -0.39 is 0 Å². The first-order valence-corrected chi connectivity index (χ1v) is 6.61. The first-order chi connectivity index (χ1) is 10.1. The minimum atomic E-state index is -0.347. The second-order valence-electron chi connectivity index (χ2n) is 4.37. The van der Waals surface area contributed by atoms with Gasteiger partial charge in [0, 0.05) is 12.2 Å². The van der Waals surface area contributed by atoms with Gasteiger partial charge in [-0.1, -0.05) is 23.7 Å². The van der Waals surface area contributed by atoms with Crippen molar-refractivity contribution in [2.75, 3.05) is 4.90 Å². The fraction of sp³-hybridized carbons (Fsp3) is 0. The summed E-state index contributed by atoms with van der Waals surface area (Å²) < 4.78 is 5.64. The lowest BCUT2D eigenvalue weighted by Crippen LogP contribution is -2.29. The molecule has 4 nitrogen and oxygen atoms in total. The Morgan fingerprint density at radius 1 is 0.857 bits per heavy atom. The number of hydrogen-bond donors (Lipinski definition) is 0. The minimum Gasteiger partial charge on any atom is -0.456 e. The third-order valence-electron chi connectivity index (χ3n) is 2.97. The molecule has 0 aromatic heterocycles. The van der Waals surface area contributed by atoms with Crippen molar-refractivity contribution in [2.24, 2.45) is 0 Å². The molecule has 104 valence electrons. The maximum atomic E-state index is 11.6. The van der Waals surface area contributed by atoms with Crippen LogP contribution in [0.4, 0.5) is 5.69 Å². The monoisotopic (exact) mass is 299 g/mol. The molecule has 0 bridgehead atoms.